The van der Waals surface area contributed by atoms with Crippen molar-refractivity contribution in [3.05, 3.63) is 65.6 Å². The first kappa shape index (κ1) is 12.7. The minimum absolute atomic E-state index is 0.202. The Bertz CT molecular complexity index is 761. The van der Waals surface area contributed by atoms with E-state index in [-0.39, 0.29) is 5.82 Å². The topological polar surface area (TPSA) is 14.2 Å². The Morgan fingerprint density at radius 3 is 2.65 bits per heavy atom. The molecule has 0 aliphatic carbocycles. The Labute approximate surface area is 117 Å². The highest BCUT2D eigenvalue weighted by molar-refractivity contribution is 5.81. The molecule has 3 heteroatoms. The number of hydrogen-bond donors (Lipinski definition) is 0. The van der Waals surface area contributed by atoms with E-state index in [0.717, 1.165) is 22.4 Å². The molecule has 0 unspecified atom stereocenters. The second-order valence-electron chi connectivity index (χ2n) is 4.93. The van der Waals surface area contributed by atoms with Crippen molar-refractivity contribution in [1.82, 2.24) is 4.57 Å². The normalized spacial score (nSPS) is 10.9. The van der Waals surface area contributed by atoms with Gasteiger partial charge in [-0.2, -0.15) is 0 Å². The highest BCUT2D eigenvalue weighted by Crippen LogP contribution is 2.23. The van der Waals surface area contributed by atoms with E-state index < -0.39 is 0 Å². The van der Waals surface area contributed by atoms with Crippen LogP contribution in [0.2, 0.25) is 0 Å². The molecule has 1 aromatic heterocycles. The third-order valence-corrected chi connectivity index (χ3v) is 3.58. The molecule has 3 rings (SSSR count). The Balaban J connectivity index is 1.90. The quantitative estimate of drug-likeness (QED) is 0.695. The maximum atomic E-state index is 13.8. The molecule has 102 valence electrons. The summed E-state index contributed by atoms with van der Waals surface area (Å²) in [7, 11) is 1.86. The van der Waals surface area contributed by atoms with Crippen molar-refractivity contribution in [2.24, 2.45) is 7.05 Å². The molecule has 0 radical (unpaired) electrons. The summed E-state index contributed by atoms with van der Waals surface area (Å²) in [4.78, 5) is 0. The number of ether oxygens (including phenoxy) is 1. The van der Waals surface area contributed by atoms with Crippen LogP contribution in [-0.4, -0.2) is 4.57 Å². The van der Waals surface area contributed by atoms with Crippen LogP contribution >= 0.6 is 0 Å². The van der Waals surface area contributed by atoms with Crippen LogP contribution in [0.15, 0.2) is 48.5 Å². The summed E-state index contributed by atoms with van der Waals surface area (Å²) in [5.41, 5.74) is 2.67. The van der Waals surface area contributed by atoms with Crippen LogP contribution in [0.4, 0.5) is 4.39 Å². The van der Waals surface area contributed by atoms with Gasteiger partial charge in [-0.1, -0.05) is 30.3 Å². The van der Waals surface area contributed by atoms with Crippen LogP contribution in [0.1, 0.15) is 11.3 Å². The Kier molecular flexibility index (Phi) is 3.18. The average Bonchev–Trinajstić information content (AvgIpc) is 2.76. The second-order valence-corrected chi connectivity index (χ2v) is 4.93. The van der Waals surface area contributed by atoms with Crippen molar-refractivity contribution >= 4 is 10.9 Å². The van der Waals surface area contributed by atoms with Gasteiger partial charge < -0.3 is 9.30 Å². The Morgan fingerprint density at radius 1 is 1.10 bits per heavy atom. The molecule has 2 nitrogen and oxygen atoms in total. The molecule has 0 N–H and O–H groups in total. The van der Waals surface area contributed by atoms with E-state index in [2.05, 4.69) is 0 Å². The number of benzene rings is 2. The van der Waals surface area contributed by atoms with Gasteiger partial charge in [0.05, 0.1) is 11.2 Å². The number of hydrogen-bond acceptors (Lipinski definition) is 1. The standard InChI is InChI=1S/C17H16FNO/c1-12-6-3-4-9-16(12)20-11-14-10-13-7-5-8-15(18)17(13)19(14)2/h3-10H,11H2,1-2H3. The molecular weight excluding hydrogens is 253 g/mol. The molecule has 0 spiro atoms. The van der Waals surface area contributed by atoms with Crippen LogP contribution in [0, 0.1) is 12.7 Å². The van der Waals surface area contributed by atoms with E-state index in [9.17, 15) is 4.39 Å². The molecule has 0 saturated heterocycles. The van der Waals surface area contributed by atoms with E-state index in [4.69, 9.17) is 4.74 Å². The number of para-hydroxylation sites is 2. The van der Waals surface area contributed by atoms with Crippen molar-refractivity contribution < 1.29 is 9.13 Å². The monoisotopic (exact) mass is 269 g/mol. The summed E-state index contributed by atoms with van der Waals surface area (Å²) in [6, 6.07) is 15.0. The highest BCUT2D eigenvalue weighted by atomic mass is 19.1. The maximum absolute atomic E-state index is 13.8. The van der Waals surface area contributed by atoms with Gasteiger partial charge in [-0.05, 0) is 30.7 Å². The van der Waals surface area contributed by atoms with Gasteiger partial charge in [-0.15, -0.1) is 0 Å². The van der Waals surface area contributed by atoms with Crippen LogP contribution < -0.4 is 4.74 Å². The molecule has 0 atom stereocenters. The highest BCUT2D eigenvalue weighted by Gasteiger charge is 2.10. The summed E-state index contributed by atoms with van der Waals surface area (Å²) in [6.45, 7) is 2.44. The summed E-state index contributed by atoms with van der Waals surface area (Å²) in [5, 5.41) is 0.899. The summed E-state index contributed by atoms with van der Waals surface area (Å²) in [5.74, 6) is 0.658. The molecule has 0 saturated carbocycles. The van der Waals surface area contributed by atoms with Gasteiger partial charge in [0.2, 0.25) is 0 Å². The third kappa shape index (κ3) is 2.16. The van der Waals surface area contributed by atoms with Crippen LogP contribution in [0.25, 0.3) is 10.9 Å². The third-order valence-electron chi connectivity index (χ3n) is 3.58. The number of aryl methyl sites for hydroxylation is 2. The first-order chi connectivity index (χ1) is 9.66. The van der Waals surface area contributed by atoms with Crippen molar-refractivity contribution in [3.8, 4) is 5.75 Å². The fraction of sp³-hybridized carbons (Fsp3) is 0.176. The van der Waals surface area contributed by atoms with Gasteiger partial charge in [0.25, 0.3) is 0 Å². The predicted molar refractivity (Wildman–Crippen MR) is 78.4 cm³/mol. The van der Waals surface area contributed by atoms with E-state index >= 15 is 0 Å². The SMILES string of the molecule is Cc1ccccc1OCc1cc2cccc(F)c2n1C. The van der Waals surface area contributed by atoms with E-state index in [1.165, 1.54) is 6.07 Å². The number of halogens is 1. The molecule has 3 aromatic rings. The number of aromatic nitrogens is 1. The second kappa shape index (κ2) is 5.00. The molecule has 0 aliphatic heterocycles. The largest absolute Gasteiger partial charge is 0.487 e. The van der Waals surface area contributed by atoms with E-state index in [1.54, 1.807) is 6.07 Å². The summed E-state index contributed by atoms with van der Waals surface area (Å²) >= 11 is 0. The summed E-state index contributed by atoms with van der Waals surface area (Å²) < 4.78 is 21.5. The van der Waals surface area contributed by atoms with Gasteiger partial charge >= 0.3 is 0 Å². The first-order valence-corrected chi connectivity index (χ1v) is 6.58. The number of fused-ring (bicyclic) bond motifs is 1. The number of rotatable bonds is 3. The fourth-order valence-electron chi connectivity index (χ4n) is 2.43. The van der Waals surface area contributed by atoms with Crippen LogP contribution in [0.5, 0.6) is 5.75 Å². The smallest absolute Gasteiger partial charge is 0.147 e. The van der Waals surface area contributed by atoms with Gasteiger partial charge in [-0.3, -0.25) is 0 Å². The van der Waals surface area contributed by atoms with Crippen molar-refractivity contribution in [3.63, 3.8) is 0 Å². The molecule has 0 amide bonds. The lowest BCUT2D eigenvalue weighted by molar-refractivity contribution is 0.295. The van der Waals surface area contributed by atoms with Gasteiger partial charge in [0.1, 0.15) is 18.2 Å². The van der Waals surface area contributed by atoms with E-state index in [0.29, 0.717) is 12.1 Å². The Morgan fingerprint density at radius 2 is 1.90 bits per heavy atom. The number of nitrogens with zero attached hydrogens (tertiary/aromatic N) is 1. The predicted octanol–water partition coefficient (Wildman–Crippen LogP) is 4.20. The lowest BCUT2D eigenvalue weighted by atomic mass is 10.2. The zero-order chi connectivity index (χ0) is 14.1. The van der Waals surface area contributed by atoms with Gasteiger partial charge in [0.15, 0.2) is 0 Å². The minimum Gasteiger partial charge on any atom is -0.487 e. The molecule has 0 bridgehead atoms. The van der Waals surface area contributed by atoms with Crippen molar-refractivity contribution in [2.45, 2.75) is 13.5 Å². The van der Waals surface area contributed by atoms with Crippen LogP contribution in [-0.2, 0) is 13.7 Å². The zero-order valence-corrected chi connectivity index (χ0v) is 11.6. The zero-order valence-electron chi connectivity index (χ0n) is 11.6. The molecule has 0 fully saturated rings. The lowest BCUT2D eigenvalue weighted by Gasteiger charge is -2.09. The van der Waals surface area contributed by atoms with Gasteiger partial charge in [0, 0.05) is 12.4 Å². The van der Waals surface area contributed by atoms with Crippen molar-refractivity contribution in [1.29, 1.82) is 0 Å². The maximum Gasteiger partial charge on any atom is 0.147 e. The molecule has 20 heavy (non-hydrogen) atoms. The average molecular weight is 269 g/mol. The Hall–Kier alpha value is -2.29. The first-order valence-electron chi connectivity index (χ1n) is 6.58. The fourth-order valence-corrected chi connectivity index (χ4v) is 2.43. The molecular formula is C17H16FNO. The molecule has 2 aromatic carbocycles. The minimum atomic E-state index is -0.202. The van der Waals surface area contributed by atoms with E-state index in [1.807, 2.05) is 54.9 Å². The molecule has 0 aliphatic rings. The summed E-state index contributed by atoms with van der Waals surface area (Å²) in [6.07, 6.45) is 0. The van der Waals surface area contributed by atoms with Crippen LogP contribution in [0.3, 0.4) is 0 Å². The lowest BCUT2D eigenvalue weighted by Crippen LogP contribution is -2.03. The van der Waals surface area contributed by atoms with Crippen molar-refractivity contribution in [2.75, 3.05) is 0 Å². The molecule has 1 heterocycles. The van der Waals surface area contributed by atoms with Gasteiger partial charge in [-0.25, -0.2) is 4.39 Å².